The molecule has 2 aromatic carbocycles. The Bertz CT molecular complexity index is 882. The Labute approximate surface area is 119 Å². The van der Waals surface area contributed by atoms with Gasteiger partial charge in [0.05, 0.1) is 10.5 Å². The summed E-state index contributed by atoms with van der Waals surface area (Å²) in [6, 6.07) is 8.52. The highest BCUT2D eigenvalue weighted by atomic mass is 32.2. The molecule has 0 atom stereocenters. The summed E-state index contributed by atoms with van der Waals surface area (Å²) in [6.45, 7) is 0.218. The molecular formula is C14H8O6S. The van der Waals surface area contributed by atoms with Gasteiger partial charge in [0.1, 0.15) is 5.75 Å². The van der Waals surface area contributed by atoms with Crippen molar-refractivity contribution < 1.29 is 27.3 Å². The smallest absolute Gasteiger partial charge is 0.298 e. The number of fused-ring (bicyclic) bond motifs is 3. The molecule has 0 aliphatic heterocycles. The molecule has 1 aliphatic rings. The van der Waals surface area contributed by atoms with Crippen molar-refractivity contribution in [3.05, 3.63) is 47.5 Å². The SMILES string of the molecule is O=COc1cccc2c1C(=O)c1cc(S(=O)(=O)O)ccc1-2. The van der Waals surface area contributed by atoms with E-state index in [4.69, 9.17) is 9.29 Å². The molecular weight excluding hydrogens is 296 g/mol. The van der Waals surface area contributed by atoms with Crippen molar-refractivity contribution in [2.24, 2.45) is 0 Å². The summed E-state index contributed by atoms with van der Waals surface area (Å²) in [7, 11) is -4.40. The molecule has 6 nitrogen and oxygen atoms in total. The number of carbonyl (C=O) groups excluding carboxylic acids is 2. The van der Waals surface area contributed by atoms with E-state index in [0.717, 1.165) is 6.07 Å². The maximum Gasteiger partial charge on any atom is 0.298 e. The van der Waals surface area contributed by atoms with E-state index < -0.39 is 15.9 Å². The van der Waals surface area contributed by atoms with Crippen LogP contribution in [0.15, 0.2) is 41.3 Å². The molecule has 0 unspecified atom stereocenters. The Morgan fingerprint density at radius 2 is 1.81 bits per heavy atom. The highest BCUT2D eigenvalue weighted by Gasteiger charge is 2.31. The van der Waals surface area contributed by atoms with Crippen LogP contribution in [0.4, 0.5) is 0 Å². The van der Waals surface area contributed by atoms with Crippen LogP contribution >= 0.6 is 0 Å². The van der Waals surface area contributed by atoms with Gasteiger partial charge in [-0.25, -0.2) is 0 Å². The van der Waals surface area contributed by atoms with Crippen LogP contribution in [0.1, 0.15) is 15.9 Å². The van der Waals surface area contributed by atoms with Gasteiger partial charge >= 0.3 is 0 Å². The second-order valence-electron chi connectivity index (χ2n) is 4.40. The highest BCUT2D eigenvalue weighted by Crippen LogP contribution is 2.41. The van der Waals surface area contributed by atoms with Crippen LogP contribution < -0.4 is 4.74 Å². The van der Waals surface area contributed by atoms with Gasteiger partial charge in [0.25, 0.3) is 16.6 Å². The van der Waals surface area contributed by atoms with E-state index in [1.165, 1.54) is 18.2 Å². The summed E-state index contributed by atoms with van der Waals surface area (Å²) >= 11 is 0. The van der Waals surface area contributed by atoms with Crippen LogP contribution in [-0.2, 0) is 14.9 Å². The second kappa shape index (κ2) is 4.51. The van der Waals surface area contributed by atoms with Gasteiger partial charge in [-0.15, -0.1) is 0 Å². The summed E-state index contributed by atoms with van der Waals surface area (Å²) in [5, 5.41) is 0. The van der Waals surface area contributed by atoms with E-state index in [1.54, 1.807) is 12.1 Å². The van der Waals surface area contributed by atoms with Crippen molar-refractivity contribution in [2.75, 3.05) is 0 Å². The van der Waals surface area contributed by atoms with Crippen LogP contribution in [0.2, 0.25) is 0 Å². The van der Waals surface area contributed by atoms with Gasteiger partial charge in [0.2, 0.25) is 0 Å². The maximum atomic E-state index is 12.4. The third kappa shape index (κ3) is 2.03. The maximum absolute atomic E-state index is 12.4. The summed E-state index contributed by atoms with van der Waals surface area (Å²) in [4.78, 5) is 22.5. The minimum atomic E-state index is -4.40. The first-order valence-corrected chi connectivity index (χ1v) is 7.27. The zero-order valence-electron chi connectivity index (χ0n) is 10.4. The van der Waals surface area contributed by atoms with Crippen molar-refractivity contribution in [2.45, 2.75) is 4.90 Å². The fourth-order valence-corrected chi connectivity index (χ4v) is 2.89. The van der Waals surface area contributed by atoms with Crippen molar-refractivity contribution in [3.8, 4) is 16.9 Å². The zero-order valence-corrected chi connectivity index (χ0v) is 11.3. The van der Waals surface area contributed by atoms with Gasteiger partial charge in [0, 0.05) is 5.56 Å². The lowest BCUT2D eigenvalue weighted by atomic mass is 10.1. The van der Waals surface area contributed by atoms with Gasteiger partial charge in [0.15, 0.2) is 5.78 Å². The van der Waals surface area contributed by atoms with E-state index in [2.05, 4.69) is 0 Å². The van der Waals surface area contributed by atoms with Crippen LogP contribution in [0.25, 0.3) is 11.1 Å². The molecule has 7 heteroatoms. The molecule has 1 aliphatic carbocycles. The van der Waals surface area contributed by atoms with Crippen molar-refractivity contribution in [3.63, 3.8) is 0 Å². The molecule has 0 radical (unpaired) electrons. The lowest BCUT2D eigenvalue weighted by Gasteiger charge is -2.03. The predicted molar refractivity (Wildman–Crippen MR) is 71.8 cm³/mol. The number of benzene rings is 2. The first-order chi connectivity index (χ1) is 9.93. The largest absolute Gasteiger partial charge is 0.428 e. The third-order valence-electron chi connectivity index (χ3n) is 3.25. The van der Waals surface area contributed by atoms with Gasteiger partial charge < -0.3 is 4.74 Å². The Kier molecular flexibility index (Phi) is 2.89. The fraction of sp³-hybridized carbons (Fsp3) is 0. The topological polar surface area (TPSA) is 97.7 Å². The molecule has 0 amide bonds. The Morgan fingerprint density at radius 3 is 2.48 bits per heavy atom. The van der Waals surface area contributed by atoms with Crippen LogP contribution in [-0.4, -0.2) is 25.2 Å². The average Bonchev–Trinajstić information content (AvgIpc) is 2.73. The van der Waals surface area contributed by atoms with Crippen molar-refractivity contribution >= 4 is 22.4 Å². The van der Waals surface area contributed by atoms with Gasteiger partial charge in [-0.1, -0.05) is 18.2 Å². The highest BCUT2D eigenvalue weighted by molar-refractivity contribution is 7.85. The average molecular weight is 304 g/mol. The Morgan fingerprint density at radius 1 is 1.05 bits per heavy atom. The monoisotopic (exact) mass is 304 g/mol. The fourth-order valence-electron chi connectivity index (χ4n) is 2.38. The third-order valence-corrected chi connectivity index (χ3v) is 4.10. The molecule has 1 N–H and O–H groups in total. The van der Waals surface area contributed by atoms with E-state index in [9.17, 15) is 18.0 Å². The van der Waals surface area contributed by atoms with Gasteiger partial charge in [-0.3, -0.25) is 14.1 Å². The predicted octanol–water partition coefficient (Wildman–Crippen LogP) is 1.68. The molecule has 3 rings (SSSR count). The molecule has 0 saturated carbocycles. The number of ether oxygens (including phenoxy) is 1. The lowest BCUT2D eigenvalue weighted by molar-refractivity contribution is -0.120. The molecule has 2 aromatic rings. The second-order valence-corrected chi connectivity index (χ2v) is 5.83. The number of hydrogen-bond acceptors (Lipinski definition) is 5. The number of hydrogen-bond donors (Lipinski definition) is 1. The molecule has 0 aromatic heterocycles. The molecule has 106 valence electrons. The molecule has 0 spiro atoms. The molecule has 0 heterocycles. The van der Waals surface area contributed by atoms with E-state index in [1.807, 2.05) is 0 Å². The van der Waals surface area contributed by atoms with Crippen molar-refractivity contribution in [1.82, 2.24) is 0 Å². The van der Waals surface area contributed by atoms with E-state index in [-0.39, 0.29) is 28.2 Å². The van der Waals surface area contributed by atoms with Crippen molar-refractivity contribution in [1.29, 1.82) is 0 Å². The minimum absolute atomic E-state index is 0.108. The summed E-state index contributed by atoms with van der Waals surface area (Å²) in [5.41, 5.74) is 1.42. The van der Waals surface area contributed by atoms with E-state index in [0.29, 0.717) is 11.1 Å². The molecule has 0 fully saturated rings. The van der Waals surface area contributed by atoms with Crippen LogP contribution in [0, 0.1) is 0 Å². The van der Waals surface area contributed by atoms with E-state index >= 15 is 0 Å². The van der Waals surface area contributed by atoms with Gasteiger partial charge in [-0.05, 0) is 29.3 Å². The Balaban J connectivity index is 2.25. The quantitative estimate of drug-likeness (QED) is 0.584. The first-order valence-electron chi connectivity index (χ1n) is 5.83. The Hall–Kier alpha value is -2.51. The van der Waals surface area contributed by atoms with Crippen LogP contribution in [0.3, 0.4) is 0 Å². The minimum Gasteiger partial charge on any atom is -0.428 e. The van der Waals surface area contributed by atoms with Gasteiger partial charge in [-0.2, -0.15) is 8.42 Å². The summed E-state index contributed by atoms with van der Waals surface area (Å²) in [5.74, 6) is -0.347. The number of carbonyl (C=O) groups is 2. The lowest BCUT2D eigenvalue weighted by Crippen LogP contribution is -2.02. The number of rotatable bonds is 3. The summed E-state index contributed by atoms with van der Waals surface area (Å²) < 4.78 is 36.1. The van der Waals surface area contributed by atoms with Crippen LogP contribution in [0.5, 0.6) is 5.75 Å². The first kappa shape index (κ1) is 13.5. The summed E-state index contributed by atoms with van der Waals surface area (Å²) in [6.07, 6.45) is 0. The molecule has 0 bridgehead atoms. The molecule has 0 saturated heterocycles. The number of ketones is 1. The normalized spacial score (nSPS) is 12.7. The zero-order chi connectivity index (χ0) is 15.2. The standard InChI is InChI=1S/C14H8O6S/c15-7-20-12-3-1-2-10-9-5-4-8(21(17,18)19)6-11(9)14(16)13(10)12/h1-7H,(H,17,18,19). The molecule has 21 heavy (non-hydrogen) atoms.